The van der Waals surface area contributed by atoms with E-state index in [1.54, 1.807) is 48.7 Å². The van der Waals surface area contributed by atoms with E-state index in [2.05, 4.69) is 31.0 Å². The molecule has 0 N–H and O–H groups in total. The lowest BCUT2D eigenvalue weighted by atomic mass is 10.1. The molecule has 0 aliphatic carbocycles. The van der Waals surface area contributed by atoms with E-state index < -0.39 is 0 Å². The fourth-order valence-corrected chi connectivity index (χ4v) is 4.72. The monoisotopic (exact) mass is 477 g/mol. The van der Waals surface area contributed by atoms with Gasteiger partial charge in [0.15, 0.2) is 11.5 Å². The molecule has 0 atom stereocenters. The van der Waals surface area contributed by atoms with Gasteiger partial charge in [0.25, 0.3) is 5.91 Å². The van der Waals surface area contributed by atoms with Crippen LogP contribution >= 0.6 is 11.3 Å². The van der Waals surface area contributed by atoms with Crippen LogP contribution in [0.3, 0.4) is 0 Å². The van der Waals surface area contributed by atoms with Crippen LogP contribution in [0.25, 0.3) is 10.4 Å². The lowest BCUT2D eigenvalue weighted by Gasteiger charge is -2.21. The second-order valence-electron chi connectivity index (χ2n) is 7.82. The number of hydrogen-bond acceptors (Lipinski definition) is 6. The standard InChI is InChI=1S/C27H27NO5S/c1-5-6-12-32-24-15-19(25-10-7-18(2)34-25)14-20-17-28(11-13-33-26(20)24)27(29)22-9-8-21(30-3)16-23(22)31-4/h1,7-10,14-16H,6,11-13,17H2,2-4H3. The minimum atomic E-state index is -0.136. The van der Waals surface area contributed by atoms with Crippen molar-refractivity contribution in [3.05, 3.63) is 58.5 Å². The van der Waals surface area contributed by atoms with Crippen LogP contribution in [0.15, 0.2) is 42.5 Å². The highest BCUT2D eigenvalue weighted by atomic mass is 32.1. The Balaban J connectivity index is 1.70. The predicted octanol–water partition coefficient (Wildman–Crippen LogP) is 5.18. The molecule has 0 fully saturated rings. The summed E-state index contributed by atoms with van der Waals surface area (Å²) in [5.74, 6) is 4.86. The van der Waals surface area contributed by atoms with E-state index >= 15 is 0 Å². The molecule has 3 aromatic rings. The average molecular weight is 478 g/mol. The molecule has 0 saturated carbocycles. The smallest absolute Gasteiger partial charge is 0.258 e. The minimum absolute atomic E-state index is 0.136. The molecular formula is C27H27NO5S. The maximum Gasteiger partial charge on any atom is 0.258 e. The number of hydrogen-bond donors (Lipinski definition) is 0. The molecule has 4 rings (SSSR count). The number of thiophene rings is 1. The maximum absolute atomic E-state index is 13.5. The molecule has 34 heavy (non-hydrogen) atoms. The Kier molecular flexibility index (Phi) is 7.29. The molecule has 1 aromatic heterocycles. The zero-order valence-electron chi connectivity index (χ0n) is 19.6. The first-order valence-corrected chi connectivity index (χ1v) is 11.8. The number of fused-ring (bicyclic) bond motifs is 1. The number of aryl methyl sites for hydroxylation is 1. The van der Waals surface area contributed by atoms with Crippen LogP contribution in [-0.4, -0.2) is 44.8 Å². The topological polar surface area (TPSA) is 57.2 Å². The van der Waals surface area contributed by atoms with Crippen LogP contribution in [0.1, 0.15) is 27.2 Å². The van der Waals surface area contributed by atoms with Crippen LogP contribution in [0.4, 0.5) is 0 Å². The molecule has 176 valence electrons. The number of methoxy groups -OCH3 is 2. The second kappa shape index (κ2) is 10.5. The summed E-state index contributed by atoms with van der Waals surface area (Å²) in [7, 11) is 3.12. The number of carbonyl (C=O) groups excluding carboxylic acids is 1. The highest BCUT2D eigenvalue weighted by Gasteiger charge is 2.26. The Hall–Kier alpha value is -3.63. The summed E-state index contributed by atoms with van der Waals surface area (Å²) in [6.07, 6.45) is 5.90. The van der Waals surface area contributed by atoms with E-state index in [0.717, 1.165) is 16.0 Å². The van der Waals surface area contributed by atoms with E-state index in [0.29, 0.717) is 61.3 Å². The van der Waals surface area contributed by atoms with Crippen molar-refractivity contribution >= 4 is 17.2 Å². The van der Waals surface area contributed by atoms with Crippen LogP contribution in [-0.2, 0) is 6.54 Å². The third-order valence-corrected chi connectivity index (χ3v) is 6.61. The number of rotatable bonds is 7. The van der Waals surface area contributed by atoms with Gasteiger partial charge >= 0.3 is 0 Å². The summed E-state index contributed by atoms with van der Waals surface area (Å²) in [5.41, 5.74) is 2.38. The first-order valence-electron chi connectivity index (χ1n) is 11.0. The van der Waals surface area contributed by atoms with E-state index in [4.69, 9.17) is 25.4 Å². The van der Waals surface area contributed by atoms with Gasteiger partial charge in [0.1, 0.15) is 18.1 Å². The van der Waals surface area contributed by atoms with Crippen molar-refractivity contribution in [2.75, 3.05) is 34.0 Å². The number of nitrogens with zero attached hydrogens (tertiary/aromatic N) is 1. The van der Waals surface area contributed by atoms with Crippen LogP contribution < -0.4 is 18.9 Å². The Bertz CT molecular complexity index is 1230. The zero-order chi connectivity index (χ0) is 24.1. The Morgan fingerprint density at radius 3 is 2.71 bits per heavy atom. The summed E-state index contributed by atoms with van der Waals surface area (Å²) in [4.78, 5) is 17.6. The predicted molar refractivity (Wildman–Crippen MR) is 133 cm³/mol. The number of carbonyl (C=O) groups is 1. The van der Waals surface area contributed by atoms with Crippen LogP contribution in [0.2, 0.25) is 0 Å². The van der Waals surface area contributed by atoms with Crippen LogP contribution in [0.5, 0.6) is 23.0 Å². The quantitative estimate of drug-likeness (QED) is 0.347. The summed E-state index contributed by atoms with van der Waals surface area (Å²) in [6, 6.07) is 13.4. The normalized spacial score (nSPS) is 12.7. The van der Waals surface area contributed by atoms with Crippen molar-refractivity contribution in [1.82, 2.24) is 4.90 Å². The number of benzene rings is 2. The molecule has 0 radical (unpaired) electrons. The fraction of sp³-hybridized carbons (Fsp3) is 0.296. The second-order valence-corrected chi connectivity index (χ2v) is 9.10. The number of amides is 1. The molecule has 1 amide bonds. The number of terminal acetylenes is 1. The van der Waals surface area contributed by atoms with Gasteiger partial charge in [0, 0.05) is 34.3 Å². The Morgan fingerprint density at radius 2 is 2.00 bits per heavy atom. The maximum atomic E-state index is 13.5. The molecule has 0 spiro atoms. The molecule has 0 saturated heterocycles. The zero-order valence-corrected chi connectivity index (χ0v) is 20.4. The van der Waals surface area contributed by atoms with Gasteiger partial charge < -0.3 is 23.8 Å². The largest absolute Gasteiger partial charge is 0.497 e. The first-order chi connectivity index (χ1) is 16.5. The van der Waals surface area contributed by atoms with Gasteiger partial charge in [-0.3, -0.25) is 4.79 Å². The fourth-order valence-electron chi connectivity index (χ4n) is 3.86. The molecule has 7 heteroatoms. The van der Waals surface area contributed by atoms with Gasteiger partial charge in [-0.05, 0) is 48.9 Å². The summed E-state index contributed by atoms with van der Waals surface area (Å²) < 4.78 is 22.8. The average Bonchev–Trinajstić information content (AvgIpc) is 3.17. The molecule has 0 unspecified atom stereocenters. The molecule has 6 nitrogen and oxygen atoms in total. The van der Waals surface area contributed by atoms with Gasteiger partial charge in [-0.25, -0.2) is 0 Å². The SMILES string of the molecule is C#CCCOc1cc(-c2ccc(C)s2)cc2c1OCCN(C(=O)c1ccc(OC)cc1OC)C2. The van der Waals surface area contributed by atoms with E-state index in [-0.39, 0.29) is 5.91 Å². The third kappa shape index (κ3) is 4.97. The van der Waals surface area contributed by atoms with Crippen LogP contribution in [0, 0.1) is 19.3 Å². The van der Waals surface area contributed by atoms with Crippen molar-refractivity contribution < 1.29 is 23.7 Å². The molecule has 1 aliphatic heterocycles. The van der Waals surface area contributed by atoms with Gasteiger partial charge in [-0.1, -0.05) is 0 Å². The van der Waals surface area contributed by atoms with Gasteiger partial charge in [0.05, 0.1) is 32.9 Å². The number of ether oxygens (including phenoxy) is 4. The first kappa shape index (κ1) is 23.5. The highest BCUT2D eigenvalue weighted by Crippen LogP contribution is 2.40. The lowest BCUT2D eigenvalue weighted by molar-refractivity contribution is 0.0729. The Morgan fingerprint density at radius 1 is 1.15 bits per heavy atom. The summed E-state index contributed by atoms with van der Waals surface area (Å²) >= 11 is 1.71. The Labute approximate surface area is 204 Å². The van der Waals surface area contributed by atoms with Gasteiger partial charge in [0.2, 0.25) is 0 Å². The van der Waals surface area contributed by atoms with E-state index in [1.165, 1.54) is 4.88 Å². The highest BCUT2D eigenvalue weighted by molar-refractivity contribution is 7.15. The molecular weight excluding hydrogens is 450 g/mol. The van der Waals surface area contributed by atoms with Crippen molar-refractivity contribution in [3.8, 4) is 45.8 Å². The lowest BCUT2D eigenvalue weighted by Crippen LogP contribution is -2.32. The molecule has 0 bridgehead atoms. The summed E-state index contributed by atoms with van der Waals surface area (Å²) in [5, 5.41) is 0. The van der Waals surface area contributed by atoms with Crippen molar-refractivity contribution in [3.63, 3.8) is 0 Å². The van der Waals surface area contributed by atoms with Gasteiger partial charge in [-0.15, -0.1) is 23.7 Å². The van der Waals surface area contributed by atoms with Crippen molar-refractivity contribution in [2.24, 2.45) is 0 Å². The summed E-state index contributed by atoms with van der Waals surface area (Å²) in [6.45, 7) is 3.63. The van der Waals surface area contributed by atoms with Crippen molar-refractivity contribution in [2.45, 2.75) is 19.9 Å². The van der Waals surface area contributed by atoms with E-state index in [1.807, 2.05) is 6.07 Å². The molecule has 2 aromatic carbocycles. The molecule has 2 heterocycles. The minimum Gasteiger partial charge on any atom is -0.497 e. The third-order valence-electron chi connectivity index (χ3n) is 5.56. The van der Waals surface area contributed by atoms with Crippen molar-refractivity contribution in [1.29, 1.82) is 0 Å². The van der Waals surface area contributed by atoms with Gasteiger partial charge in [-0.2, -0.15) is 0 Å². The molecule has 1 aliphatic rings. The van der Waals surface area contributed by atoms with E-state index in [9.17, 15) is 4.79 Å².